The molecular weight excluding hydrogens is 368 g/mol. The number of nitrogens with one attached hydrogen (secondary N) is 1. The van der Waals surface area contributed by atoms with Crippen LogP contribution in [0.4, 0.5) is 0 Å². The second kappa shape index (κ2) is 7.96. The zero-order valence-electron chi connectivity index (χ0n) is 14.8. The monoisotopic (exact) mass is 388 g/mol. The Bertz CT molecular complexity index is 916. The molecule has 6 nitrogen and oxygen atoms in total. The zero-order chi connectivity index (χ0) is 19.4. The van der Waals surface area contributed by atoms with E-state index in [1.165, 1.54) is 22.9 Å². The summed E-state index contributed by atoms with van der Waals surface area (Å²) in [6.45, 7) is 0.250. The molecule has 0 bridgehead atoms. The highest BCUT2D eigenvalue weighted by molar-refractivity contribution is 6.31. The third-order valence-electron chi connectivity index (χ3n) is 4.97. The Morgan fingerprint density at radius 2 is 1.85 bits per heavy atom. The number of nitrogens with zero attached hydrogens (tertiary/aromatic N) is 1. The van der Waals surface area contributed by atoms with Gasteiger partial charge in [-0.1, -0.05) is 42.6 Å². The van der Waals surface area contributed by atoms with Crippen LogP contribution < -0.4 is 10.9 Å². The van der Waals surface area contributed by atoms with E-state index in [2.05, 4.69) is 5.32 Å². The highest BCUT2D eigenvalue weighted by Crippen LogP contribution is 2.33. The number of halogens is 1. The van der Waals surface area contributed by atoms with Gasteiger partial charge in [0.15, 0.2) is 0 Å². The molecular formula is C20H21ClN2O4. The number of carbonyl (C=O) groups is 2. The molecule has 7 heteroatoms. The molecule has 0 atom stereocenters. The summed E-state index contributed by atoms with van der Waals surface area (Å²) >= 11 is 6.16. The number of hydrogen-bond donors (Lipinski definition) is 2. The fourth-order valence-corrected chi connectivity index (χ4v) is 3.80. The summed E-state index contributed by atoms with van der Waals surface area (Å²) in [5.74, 6) is -1.30. The van der Waals surface area contributed by atoms with Crippen molar-refractivity contribution < 1.29 is 14.7 Å². The van der Waals surface area contributed by atoms with Crippen LogP contribution in [0.5, 0.6) is 0 Å². The molecule has 1 fully saturated rings. The van der Waals surface area contributed by atoms with Gasteiger partial charge in [-0.2, -0.15) is 0 Å². The molecule has 1 aromatic carbocycles. The Labute approximate surface area is 161 Å². The molecule has 2 aromatic rings. The summed E-state index contributed by atoms with van der Waals surface area (Å²) in [6, 6.07) is 10.0. The van der Waals surface area contributed by atoms with Gasteiger partial charge in [-0.15, -0.1) is 0 Å². The molecule has 1 heterocycles. The molecule has 142 valence electrons. The zero-order valence-corrected chi connectivity index (χ0v) is 15.5. The quantitative estimate of drug-likeness (QED) is 0.796. The van der Waals surface area contributed by atoms with Crippen molar-refractivity contribution >= 4 is 23.5 Å². The number of amides is 1. The van der Waals surface area contributed by atoms with Crippen molar-refractivity contribution in [3.8, 4) is 0 Å². The maximum atomic E-state index is 12.7. The first-order valence-corrected chi connectivity index (χ1v) is 9.25. The number of carboxylic acid groups (broad SMARTS) is 1. The minimum absolute atomic E-state index is 0.0992. The Balaban J connectivity index is 1.82. The summed E-state index contributed by atoms with van der Waals surface area (Å²) in [5.41, 5.74) is 0.134. The van der Waals surface area contributed by atoms with Crippen molar-refractivity contribution in [2.75, 3.05) is 0 Å². The largest absolute Gasteiger partial charge is 0.481 e. The molecule has 2 N–H and O–H groups in total. The standard InChI is InChI=1S/C20H21ClN2O4/c21-16-6-2-1-5-14(16)12-23-13-15(7-8-17(23)24)19(27)22-20(11-18(25)26)9-3-4-10-20/h1-2,5-8,13H,3-4,9-12H2,(H,22,27)(H,25,26). The molecule has 1 saturated carbocycles. The molecule has 1 aliphatic rings. The van der Waals surface area contributed by atoms with Gasteiger partial charge in [0.25, 0.3) is 11.5 Å². The van der Waals surface area contributed by atoms with E-state index in [4.69, 9.17) is 11.6 Å². The fourth-order valence-electron chi connectivity index (χ4n) is 3.60. The molecule has 1 amide bonds. The molecule has 1 aromatic heterocycles. The first-order chi connectivity index (χ1) is 12.9. The fraction of sp³-hybridized carbons (Fsp3) is 0.350. The van der Waals surface area contributed by atoms with E-state index in [-0.39, 0.29) is 24.4 Å². The van der Waals surface area contributed by atoms with E-state index in [0.29, 0.717) is 23.4 Å². The summed E-state index contributed by atoms with van der Waals surface area (Å²) in [4.78, 5) is 36.1. The number of hydrogen-bond acceptors (Lipinski definition) is 3. The third-order valence-corrected chi connectivity index (χ3v) is 5.34. The SMILES string of the molecule is O=C(O)CC1(NC(=O)c2ccc(=O)n(Cc3ccccc3Cl)c2)CCCC1. The van der Waals surface area contributed by atoms with Gasteiger partial charge in [-0.25, -0.2) is 0 Å². The maximum Gasteiger partial charge on any atom is 0.305 e. The minimum atomic E-state index is -0.930. The lowest BCUT2D eigenvalue weighted by Gasteiger charge is -2.28. The number of pyridine rings is 1. The summed E-state index contributed by atoms with van der Waals surface area (Å²) < 4.78 is 1.43. The lowest BCUT2D eigenvalue weighted by Crippen LogP contribution is -2.48. The van der Waals surface area contributed by atoms with Gasteiger partial charge in [-0.3, -0.25) is 14.4 Å². The van der Waals surface area contributed by atoms with E-state index in [1.807, 2.05) is 18.2 Å². The van der Waals surface area contributed by atoms with Crippen LogP contribution in [-0.2, 0) is 11.3 Å². The van der Waals surface area contributed by atoms with Crippen LogP contribution in [0.25, 0.3) is 0 Å². The average Bonchev–Trinajstić information content (AvgIpc) is 3.05. The predicted molar refractivity (Wildman–Crippen MR) is 102 cm³/mol. The second-order valence-corrected chi connectivity index (χ2v) is 7.39. The van der Waals surface area contributed by atoms with E-state index < -0.39 is 11.5 Å². The van der Waals surface area contributed by atoms with Crippen LogP contribution in [0.15, 0.2) is 47.4 Å². The normalized spacial score (nSPS) is 15.4. The molecule has 0 spiro atoms. The Kier molecular flexibility index (Phi) is 5.65. The van der Waals surface area contributed by atoms with Crippen LogP contribution in [-0.4, -0.2) is 27.1 Å². The number of benzene rings is 1. The van der Waals surface area contributed by atoms with Gasteiger partial charge < -0.3 is 15.0 Å². The van der Waals surface area contributed by atoms with Crippen molar-refractivity contribution in [1.82, 2.24) is 9.88 Å². The van der Waals surface area contributed by atoms with E-state index >= 15 is 0 Å². The summed E-state index contributed by atoms with van der Waals surface area (Å²) in [6.07, 6.45) is 4.45. The Morgan fingerprint density at radius 1 is 1.15 bits per heavy atom. The molecule has 3 rings (SSSR count). The van der Waals surface area contributed by atoms with Gasteiger partial charge in [0, 0.05) is 17.3 Å². The van der Waals surface area contributed by atoms with Crippen molar-refractivity contribution in [3.63, 3.8) is 0 Å². The first kappa shape index (κ1) is 19.2. The molecule has 0 saturated heterocycles. The van der Waals surface area contributed by atoms with Crippen LogP contribution >= 0.6 is 11.6 Å². The van der Waals surface area contributed by atoms with Gasteiger partial charge in [0.2, 0.25) is 0 Å². The number of rotatable bonds is 6. The first-order valence-electron chi connectivity index (χ1n) is 8.87. The van der Waals surface area contributed by atoms with Crippen molar-refractivity contribution in [1.29, 1.82) is 0 Å². The molecule has 0 radical (unpaired) electrons. The lowest BCUT2D eigenvalue weighted by atomic mass is 9.93. The highest BCUT2D eigenvalue weighted by Gasteiger charge is 2.37. The van der Waals surface area contributed by atoms with Gasteiger partial charge in [-0.05, 0) is 30.5 Å². The molecule has 0 aliphatic heterocycles. The molecule has 0 unspecified atom stereocenters. The second-order valence-electron chi connectivity index (χ2n) is 6.99. The van der Waals surface area contributed by atoms with Crippen LogP contribution in [0.1, 0.15) is 48.0 Å². The number of aliphatic carboxylic acids is 1. The van der Waals surface area contributed by atoms with Crippen LogP contribution in [0.2, 0.25) is 5.02 Å². The van der Waals surface area contributed by atoms with Gasteiger partial charge in [0.05, 0.1) is 24.1 Å². The molecule has 1 aliphatic carbocycles. The van der Waals surface area contributed by atoms with Crippen molar-refractivity contribution in [2.45, 2.75) is 44.2 Å². The highest BCUT2D eigenvalue weighted by atomic mass is 35.5. The van der Waals surface area contributed by atoms with Crippen LogP contribution in [0.3, 0.4) is 0 Å². The van der Waals surface area contributed by atoms with E-state index in [1.54, 1.807) is 6.07 Å². The average molecular weight is 389 g/mol. The Morgan fingerprint density at radius 3 is 2.52 bits per heavy atom. The number of carboxylic acids is 1. The maximum absolute atomic E-state index is 12.7. The lowest BCUT2D eigenvalue weighted by molar-refractivity contribution is -0.138. The third kappa shape index (κ3) is 4.57. The number of aromatic nitrogens is 1. The predicted octanol–water partition coefficient (Wildman–Crippen LogP) is 3.07. The van der Waals surface area contributed by atoms with Crippen molar-refractivity contribution in [2.24, 2.45) is 0 Å². The van der Waals surface area contributed by atoms with E-state index in [9.17, 15) is 19.5 Å². The Hall–Kier alpha value is -2.60. The van der Waals surface area contributed by atoms with E-state index in [0.717, 1.165) is 18.4 Å². The van der Waals surface area contributed by atoms with Crippen LogP contribution in [0, 0.1) is 0 Å². The smallest absolute Gasteiger partial charge is 0.305 e. The number of carbonyl (C=O) groups excluding carboxylic acids is 1. The summed E-state index contributed by atoms with van der Waals surface area (Å²) in [7, 11) is 0. The van der Waals surface area contributed by atoms with Crippen molar-refractivity contribution in [3.05, 3.63) is 69.1 Å². The summed E-state index contributed by atoms with van der Waals surface area (Å²) in [5, 5.41) is 12.6. The minimum Gasteiger partial charge on any atom is -0.481 e. The van der Waals surface area contributed by atoms with Gasteiger partial charge in [0.1, 0.15) is 0 Å². The molecule has 27 heavy (non-hydrogen) atoms. The topological polar surface area (TPSA) is 88.4 Å². The van der Waals surface area contributed by atoms with Gasteiger partial charge >= 0.3 is 5.97 Å².